The van der Waals surface area contributed by atoms with E-state index in [0.717, 1.165) is 0 Å². The third kappa shape index (κ3) is 8.74. The normalized spacial score (nSPS) is 10.7. The van der Waals surface area contributed by atoms with Gasteiger partial charge in [-0.05, 0) is 61.9 Å². The summed E-state index contributed by atoms with van der Waals surface area (Å²) >= 11 is 5.88. The summed E-state index contributed by atoms with van der Waals surface area (Å²) in [6, 6.07) is 13.6. The summed E-state index contributed by atoms with van der Waals surface area (Å²) in [5, 5.41) is 9.65. The second-order valence-electron chi connectivity index (χ2n) is 6.61. The second kappa shape index (κ2) is 11.6. The number of halogens is 1. The third-order valence-corrected chi connectivity index (χ3v) is 3.77. The summed E-state index contributed by atoms with van der Waals surface area (Å²) < 4.78 is 5.44. The molecule has 158 valence electrons. The maximum absolute atomic E-state index is 11.9. The Labute approximate surface area is 179 Å². The quantitative estimate of drug-likeness (QED) is 0.323. The molecule has 30 heavy (non-hydrogen) atoms. The van der Waals surface area contributed by atoms with Crippen molar-refractivity contribution >= 4 is 41.2 Å². The number of hydrogen-bond acceptors (Lipinski definition) is 5. The van der Waals surface area contributed by atoms with Crippen molar-refractivity contribution in [2.24, 2.45) is 5.10 Å². The van der Waals surface area contributed by atoms with Crippen LogP contribution in [0.4, 0.5) is 5.69 Å². The number of nitrogens with one attached hydrogen (secondary N) is 3. The van der Waals surface area contributed by atoms with Gasteiger partial charge in [-0.25, -0.2) is 5.43 Å². The number of nitrogens with zero attached hydrogens (tertiary/aromatic N) is 1. The van der Waals surface area contributed by atoms with E-state index in [9.17, 15) is 14.4 Å². The minimum absolute atomic E-state index is 0.0301. The Morgan fingerprint density at radius 3 is 2.47 bits per heavy atom. The van der Waals surface area contributed by atoms with Gasteiger partial charge in [0.15, 0.2) is 6.61 Å². The predicted octanol–water partition coefficient (Wildman–Crippen LogP) is 2.72. The van der Waals surface area contributed by atoms with Gasteiger partial charge in [-0.15, -0.1) is 0 Å². The second-order valence-corrected chi connectivity index (χ2v) is 7.04. The summed E-state index contributed by atoms with van der Waals surface area (Å²) in [5.74, 6) is -0.677. The van der Waals surface area contributed by atoms with E-state index in [1.807, 2.05) is 13.8 Å². The van der Waals surface area contributed by atoms with Crippen LogP contribution in [0, 0.1) is 0 Å². The van der Waals surface area contributed by atoms with Gasteiger partial charge >= 0.3 is 0 Å². The molecule has 0 radical (unpaired) electrons. The molecular weight excluding hydrogens is 408 g/mol. The van der Waals surface area contributed by atoms with Gasteiger partial charge in [-0.3, -0.25) is 14.4 Å². The monoisotopic (exact) mass is 430 g/mol. The van der Waals surface area contributed by atoms with E-state index in [-0.39, 0.29) is 30.9 Å². The maximum Gasteiger partial charge on any atom is 0.262 e. The maximum atomic E-state index is 11.9. The molecule has 0 aliphatic rings. The molecule has 0 atom stereocenters. The lowest BCUT2D eigenvalue weighted by atomic mass is 10.2. The van der Waals surface area contributed by atoms with Crippen LogP contribution in [0.25, 0.3) is 0 Å². The zero-order chi connectivity index (χ0) is 21.9. The van der Waals surface area contributed by atoms with Gasteiger partial charge < -0.3 is 15.4 Å². The first-order chi connectivity index (χ1) is 14.3. The molecule has 0 bridgehead atoms. The number of ether oxygens (including phenoxy) is 1. The Balaban J connectivity index is 1.75. The average Bonchev–Trinajstić information content (AvgIpc) is 2.66. The van der Waals surface area contributed by atoms with E-state index in [2.05, 4.69) is 21.2 Å². The molecule has 2 rings (SSSR count). The number of benzene rings is 2. The van der Waals surface area contributed by atoms with Gasteiger partial charge in [-0.2, -0.15) is 5.10 Å². The van der Waals surface area contributed by atoms with Crippen molar-refractivity contribution < 1.29 is 19.1 Å². The SMILES string of the molecule is CC(C)NC(=O)CC(=O)N/N=C/c1ccc(OCC(=O)Nc2cccc(Cl)c2)cc1. The molecule has 0 aliphatic heterocycles. The van der Waals surface area contributed by atoms with Gasteiger partial charge in [0.05, 0.1) is 6.21 Å². The molecule has 2 aromatic rings. The molecule has 0 fully saturated rings. The van der Waals surface area contributed by atoms with Gasteiger partial charge in [0, 0.05) is 16.8 Å². The number of anilines is 1. The molecule has 0 saturated heterocycles. The number of carbonyl (C=O) groups is 3. The first-order valence-electron chi connectivity index (χ1n) is 9.21. The average molecular weight is 431 g/mol. The number of rotatable bonds is 9. The minimum Gasteiger partial charge on any atom is -0.484 e. The van der Waals surface area contributed by atoms with Crippen LogP contribution in [0.5, 0.6) is 5.75 Å². The van der Waals surface area contributed by atoms with Crippen LogP contribution < -0.4 is 20.8 Å². The topological polar surface area (TPSA) is 109 Å². The van der Waals surface area contributed by atoms with Crippen molar-refractivity contribution in [3.63, 3.8) is 0 Å². The van der Waals surface area contributed by atoms with Crippen molar-refractivity contribution in [3.05, 3.63) is 59.1 Å². The Kier molecular flexibility index (Phi) is 8.83. The smallest absolute Gasteiger partial charge is 0.262 e. The fraction of sp³-hybridized carbons (Fsp3) is 0.238. The third-order valence-electron chi connectivity index (χ3n) is 3.53. The lowest BCUT2D eigenvalue weighted by molar-refractivity contribution is -0.129. The van der Waals surface area contributed by atoms with Gasteiger partial charge in [0.1, 0.15) is 12.2 Å². The first-order valence-corrected chi connectivity index (χ1v) is 9.59. The molecule has 0 saturated carbocycles. The Bertz CT molecular complexity index is 913. The molecule has 8 nitrogen and oxygen atoms in total. The molecule has 3 amide bonds. The van der Waals surface area contributed by atoms with Crippen molar-refractivity contribution in [1.82, 2.24) is 10.7 Å². The number of hydrazone groups is 1. The van der Waals surface area contributed by atoms with Gasteiger partial charge in [0.2, 0.25) is 11.8 Å². The van der Waals surface area contributed by atoms with Crippen molar-refractivity contribution in [3.8, 4) is 5.75 Å². The molecule has 2 aromatic carbocycles. The lowest BCUT2D eigenvalue weighted by Crippen LogP contribution is -2.34. The number of carbonyl (C=O) groups excluding carboxylic acids is 3. The summed E-state index contributed by atoms with van der Waals surface area (Å²) in [6.07, 6.45) is 1.15. The Hall–Kier alpha value is -3.39. The lowest BCUT2D eigenvalue weighted by Gasteiger charge is -2.08. The van der Waals surface area contributed by atoms with E-state index < -0.39 is 5.91 Å². The van der Waals surface area contributed by atoms with Crippen LogP contribution >= 0.6 is 11.6 Å². The van der Waals surface area contributed by atoms with Crippen LogP contribution in [0.3, 0.4) is 0 Å². The number of hydrogen-bond donors (Lipinski definition) is 3. The zero-order valence-corrected chi connectivity index (χ0v) is 17.4. The molecule has 0 spiro atoms. The van der Waals surface area contributed by atoms with Gasteiger partial charge in [0.25, 0.3) is 5.91 Å². The highest BCUT2D eigenvalue weighted by molar-refractivity contribution is 6.30. The molecule has 0 unspecified atom stereocenters. The van der Waals surface area contributed by atoms with E-state index in [4.69, 9.17) is 16.3 Å². The van der Waals surface area contributed by atoms with E-state index in [0.29, 0.717) is 22.0 Å². The van der Waals surface area contributed by atoms with Crippen LogP contribution in [0.15, 0.2) is 53.6 Å². The molecular formula is C21H23ClN4O4. The van der Waals surface area contributed by atoms with Crippen molar-refractivity contribution in [2.45, 2.75) is 26.3 Å². The molecule has 3 N–H and O–H groups in total. The molecule has 0 aliphatic carbocycles. The predicted molar refractivity (Wildman–Crippen MR) is 116 cm³/mol. The highest BCUT2D eigenvalue weighted by Gasteiger charge is 2.09. The van der Waals surface area contributed by atoms with Crippen LogP contribution in [0.1, 0.15) is 25.8 Å². The molecule has 9 heteroatoms. The minimum atomic E-state index is -0.505. The fourth-order valence-electron chi connectivity index (χ4n) is 2.30. The summed E-state index contributed by atoms with van der Waals surface area (Å²) in [5.41, 5.74) is 3.59. The van der Waals surface area contributed by atoms with Crippen LogP contribution in [-0.2, 0) is 14.4 Å². The van der Waals surface area contributed by atoms with Crippen molar-refractivity contribution in [2.75, 3.05) is 11.9 Å². The highest BCUT2D eigenvalue weighted by atomic mass is 35.5. The van der Waals surface area contributed by atoms with Crippen LogP contribution in [-0.4, -0.2) is 36.6 Å². The molecule has 0 aromatic heterocycles. The van der Waals surface area contributed by atoms with Crippen LogP contribution in [0.2, 0.25) is 5.02 Å². The summed E-state index contributed by atoms with van der Waals surface area (Å²) in [6.45, 7) is 3.47. The standard InChI is InChI=1S/C21H23ClN4O4/c1-14(2)24-19(27)11-20(28)26-23-12-15-6-8-18(9-7-15)30-13-21(29)25-17-5-3-4-16(22)10-17/h3-10,12,14H,11,13H2,1-2H3,(H,24,27)(H,25,29)(H,26,28)/b23-12+. The molecule has 0 heterocycles. The highest BCUT2D eigenvalue weighted by Crippen LogP contribution is 2.15. The Morgan fingerprint density at radius 1 is 1.07 bits per heavy atom. The van der Waals surface area contributed by atoms with Crippen molar-refractivity contribution in [1.29, 1.82) is 0 Å². The Morgan fingerprint density at radius 2 is 1.80 bits per heavy atom. The summed E-state index contributed by atoms with van der Waals surface area (Å²) in [7, 11) is 0. The van der Waals surface area contributed by atoms with E-state index >= 15 is 0 Å². The van der Waals surface area contributed by atoms with E-state index in [1.54, 1.807) is 48.5 Å². The van der Waals surface area contributed by atoms with E-state index in [1.165, 1.54) is 6.21 Å². The number of amides is 3. The van der Waals surface area contributed by atoms with Gasteiger partial charge in [-0.1, -0.05) is 17.7 Å². The zero-order valence-electron chi connectivity index (χ0n) is 16.6. The fourth-order valence-corrected chi connectivity index (χ4v) is 2.49. The first kappa shape index (κ1) is 22.9. The largest absolute Gasteiger partial charge is 0.484 e. The summed E-state index contributed by atoms with van der Waals surface area (Å²) in [4.78, 5) is 35.1.